The number of nitrogens with one attached hydrogen (secondary N) is 3. The van der Waals surface area contributed by atoms with E-state index in [1.54, 1.807) is 44.4 Å². The van der Waals surface area contributed by atoms with Crippen molar-refractivity contribution in [3.05, 3.63) is 71.4 Å². The van der Waals surface area contributed by atoms with E-state index in [0.29, 0.717) is 63.6 Å². The fourth-order valence-electron chi connectivity index (χ4n) is 6.50. The highest BCUT2D eigenvalue weighted by molar-refractivity contribution is 7.91. The Hall–Kier alpha value is -4.92. The van der Waals surface area contributed by atoms with Crippen LogP contribution in [0.2, 0.25) is 0 Å². The number of rotatable bonds is 20. The van der Waals surface area contributed by atoms with Crippen LogP contribution >= 0.6 is 0 Å². The Balaban J connectivity index is 1.02. The molecule has 0 fully saturated rings. The Labute approximate surface area is 310 Å². The monoisotopic (exact) mass is 747 g/mol. The summed E-state index contributed by atoms with van der Waals surface area (Å²) in [5.41, 5.74) is 8.92. The molecule has 14 heteroatoms. The molecule has 0 radical (unpaired) electrons. The van der Waals surface area contributed by atoms with E-state index < -0.39 is 21.8 Å². The molecule has 1 aliphatic heterocycles. The molecule has 7 N–H and O–H groups in total. The zero-order chi connectivity index (χ0) is 38.0. The van der Waals surface area contributed by atoms with Crippen molar-refractivity contribution in [1.82, 2.24) is 10.3 Å². The van der Waals surface area contributed by atoms with Crippen molar-refractivity contribution < 1.29 is 37.7 Å². The summed E-state index contributed by atoms with van der Waals surface area (Å²) in [6.07, 6.45) is 9.16. The van der Waals surface area contributed by atoms with Crippen molar-refractivity contribution in [3.8, 4) is 17.2 Å². The minimum atomic E-state index is -3.60. The Morgan fingerprint density at radius 2 is 1.75 bits per heavy atom. The maximum absolute atomic E-state index is 13.5. The standard InChI is InChI=1S/C39H49N5O8S/c1-25-17-29(21-31-36(25)42-22-32(39(40)48)37(31)43-26-13-12-14-28(18-26)51-2)53(49,50)16-11-9-7-5-3-4-6-8-10-15-41-23-34(46)30-19-27(45)20-33-38(30)52-24-35(47)44-33/h12-14,17-22,34,41,45-46H,3-11,15-16,23-24H2,1-2H3,(H2,40,48)(H,42,43)(H,44,47)/t34-/m0/s1. The smallest absolute Gasteiger partial charge is 0.262 e. The quantitative estimate of drug-likeness (QED) is 0.0576. The fraction of sp³-hybridized carbons (Fsp3) is 0.410. The third kappa shape index (κ3) is 10.4. The summed E-state index contributed by atoms with van der Waals surface area (Å²) in [6, 6.07) is 13.3. The first kappa shape index (κ1) is 39.3. The van der Waals surface area contributed by atoms with E-state index in [9.17, 15) is 28.2 Å². The number of sulfone groups is 1. The maximum Gasteiger partial charge on any atom is 0.262 e. The molecule has 0 spiro atoms. The number of nitrogens with two attached hydrogens (primary N) is 1. The third-order valence-electron chi connectivity index (χ3n) is 9.29. The minimum Gasteiger partial charge on any atom is -0.508 e. The van der Waals surface area contributed by atoms with Crippen LogP contribution in [0.15, 0.2) is 59.6 Å². The second-order valence-corrected chi connectivity index (χ2v) is 15.5. The van der Waals surface area contributed by atoms with Gasteiger partial charge in [-0.05, 0) is 62.2 Å². The van der Waals surface area contributed by atoms with Gasteiger partial charge in [-0.1, -0.05) is 51.0 Å². The first-order chi connectivity index (χ1) is 25.5. The summed E-state index contributed by atoms with van der Waals surface area (Å²) >= 11 is 0. The number of phenols is 1. The molecule has 1 atom stereocenters. The highest BCUT2D eigenvalue weighted by Gasteiger charge is 2.24. The highest BCUT2D eigenvalue weighted by Crippen LogP contribution is 2.39. The van der Waals surface area contributed by atoms with Crippen LogP contribution < -0.4 is 31.2 Å². The Morgan fingerprint density at radius 3 is 2.47 bits per heavy atom. The Kier molecular flexibility index (Phi) is 13.5. The first-order valence-corrected chi connectivity index (χ1v) is 19.7. The van der Waals surface area contributed by atoms with Gasteiger partial charge in [-0.15, -0.1) is 0 Å². The lowest BCUT2D eigenvalue weighted by Gasteiger charge is -2.23. The van der Waals surface area contributed by atoms with Crippen LogP contribution in [0, 0.1) is 6.92 Å². The molecule has 2 amide bonds. The van der Waals surface area contributed by atoms with E-state index in [0.717, 1.165) is 57.9 Å². The largest absolute Gasteiger partial charge is 0.508 e. The number of carbonyl (C=O) groups excluding carboxylic acids is 2. The molecular weight excluding hydrogens is 699 g/mol. The van der Waals surface area contributed by atoms with Crippen molar-refractivity contribution in [1.29, 1.82) is 0 Å². The number of methoxy groups -OCH3 is 1. The number of unbranched alkanes of at least 4 members (excludes halogenated alkanes) is 8. The number of aromatic hydroxyl groups is 1. The lowest BCUT2D eigenvalue weighted by atomic mass is 10.0. The fourth-order valence-corrected chi connectivity index (χ4v) is 7.97. The number of fused-ring (bicyclic) bond motifs is 2. The van der Waals surface area contributed by atoms with Gasteiger partial charge in [-0.2, -0.15) is 0 Å². The summed E-state index contributed by atoms with van der Waals surface area (Å²) in [5, 5.41) is 30.3. The summed E-state index contributed by atoms with van der Waals surface area (Å²) in [5.74, 6) is -0.0200. The predicted octanol–water partition coefficient (Wildman–Crippen LogP) is 6.04. The van der Waals surface area contributed by atoms with Gasteiger partial charge in [0.15, 0.2) is 16.4 Å². The number of primary amides is 1. The number of hydrogen-bond acceptors (Lipinski definition) is 11. The molecule has 4 aromatic rings. The average molecular weight is 748 g/mol. The first-order valence-electron chi connectivity index (χ1n) is 18.0. The zero-order valence-electron chi connectivity index (χ0n) is 30.2. The maximum atomic E-state index is 13.5. The van der Waals surface area contributed by atoms with E-state index in [2.05, 4.69) is 20.9 Å². The van der Waals surface area contributed by atoms with Gasteiger partial charge >= 0.3 is 0 Å². The number of anilines is 3. The number of hydrogen-bond donors (Lipinski definition) is 6. The van der Waals surface area contributed by atoms with Gasteiger partial charge in [-0.3, -0.25) is 14.6 Å². The molecule has 5 rings (SSSR count). The van der Waals surface area contributed by atoms with E-state index in [4.69, 9.17) is 15.2 Å². The van der Waals surface area contributed by atoms with Crippen molar-refractivity contribution in [2.45, 2.75) is 75.7 Å². The molecule has 1 aromatic heterocycles. The zero-order valence-corrected chi connectivity index (χ0v) is 31.1. The third-order valence-corrected chi connectivity index (χ3v) is 11.1. The van der Waals surface area contributed by atoms with E-state index in [-0.39, 0.29) is 34.5 Å². The number of pyridine rings is 1. The molecule has 0 aliphatic carbocycles. The number of aliphatic hydroxyl groups is 1. The Morgan fingerprint density at radius 1 is 1.04 bits per heavy atom. The van der Waals surface area contributed by atoms with Gasteiger partial charge in [0.1, 0.15) is 17.2 Å². The molecule has 0 saturated heterocycles. The summed E-state index contributed by atoms with van der Waals surface area (Å²) < 4.78 is 37.8. The van der Waals surface area contributed by atoms with Gasteiger partial charge < -0.3 is 41.4 Å². The molecule has 13 nitrogen and oxygen atoms in total. The number of ether oxygens (including phenoxy) is 2. The molecule has 1 aliphatic rings. The van der Waals surface area contributed by atoms with Crippen molar-refractivity contribution in [2.24, 2.45) is 5.73 Å². The predicted molar refractivity (Wildman–Crippen MR) is 205 cm³/mol. The molecule has 53 heavy (non-hydrogen) atoms. The van der Waals surface area contributed by atoms with Crippen molar-refractivity contribution in [2.75, 3.05) is 43.2 Å². The SMILES string of the molecule is COc1cccc(Nc2c(C(N)=O)cnc3c(C)cc(S(=O)(=O)CCCCCCCCCCCNC[C@H](O)c4cc(O)cc5c4OCC(=O)N5)cc23)c1. The summed E-state index contributed by atoms with van der Waals surface area (Å²) in [4.78, 5) is 28.6. The van der Waals surface area contributed by atoms with Gasteiger partial charge in [0, 0.05) is 41.5 Å². The van der Waals surface area contributed by atoms with Crippen LogP contribution in [-0.2, 0) is 14.6 Å². The van der Waals surface area contributed by atoms with Crippen LogP contribution in [0.4, 0.5) is 17.1 Å². The van der Waals surface area contributed by atoms with E-state index in [1.165, 1.54) is 18.3 Å². The molecule has 2 heterocycles. The number of aromatic nitrogens is 1. The van der Waals surface area contributed by atoms with Gasteiger partial charge in [-0.25, -0.2) is 8.42 Å². The van der Waals surface area contributed by atoms with Crippen molar-refractivity contribution >= 4 is 49.6 Å². The average Bonchev–Trinajstić information content (AvgIpc) is 3.13. The molecule has 0 unspecified atom stereocenters. The molecule has 0 saturated carbocycles. The van der Waals surface area contributed by atoms with Gasteiger partial charge in [0.2, 0.25) is 0 Å². The number of phenolic OH excluding ortho intramolecular Hbond substituents is 1. The molecule has 3 aromatic carbocycles. The van der Waals surface area contributed by atoms with Crippen LogP contribution in [-0.4, -0.2) is 68.0 Å². The van der Waals surface area contributed by atoms with Crippen LogP contribution in [0.3, 0.4) is 0 Å². The number of benzene rings is 3. The van der Waals surface area contributed by atoms with Crippen molar-refractivity contribution in [3.63, 3.8) is 0 Å². The topological polar surface area (TPSA) is 202 Å². The molecule has 284 valence electrons. The lowest BCUT2D eigenvalue weighted by Crippen LogP contribution is -2.28. The number of aliphatic hydroxyl groups excluding tert-OH is 1. The number of nitrogens with zero attached hydrogens (tertiary/aromatic N) is 1. The normalized spacial score (nSPS) is 13.2. The van der Waals surface area contributed by atoms with Gasteiger partial charge in [0.05, 0.1) is 46.3 Å². The number of aryl methyl sites for hydroxylation is 1. The van der Waals surface area contributed by atoms with Crippen LogP contribution in [0.1, 0.15) is 85.4 Å². The summed E-state index contributed by atoms with van der Waals surface area (Å²) in [7, 11) is -2.04. The number of carbonyl (C=O) groups is 2. The highest BCUT2D eigenvalue weighted by atomic mass is 32.2. The number of amides is 2. The van der Waals surface area contributed by atoms with Crippen LogP contribution in [0.25, 0.3) is 10.9 Å². The van der Waals surface area contributed by atoms with E-state index in [1.807, 2.05) is 6.07 Å². The minimum absolute atomic E-state index is 0.0265. The lowest BCUT2D eigenvalue weighted by molar-refractivity contribution is -0.118. The molecular formula is C39H49N5O8S. The Bertz CT molecular complexity index is 2040. The van der Waals surface area contributed by atoms with Gasteiger partial charge in [0.25, 0.3) is 11.8 Å². The van der Waals surface area contributed by atoms with E-state index >= 15 is 0 Å². The van der Waals surface area contributed by atoms with Crippen LogP contribution in [0.5, 0.6) is 17.2 Å². The summed E-state index contributed by atoms with van der Waals surface area (Å²) in [6.45, 7) is 2.70. The second-order valence-electron chi connectivity index (χ2n) is 13.4. The second kappa shape index (κ2) is 18.2. The molecule has 0 bridgehead atoms.